The third-order valence-electron chi connectivity index (χ3n) is 7.60. The molecular weight excluding hydrogens is 569 g/mol. The fourth-order valence-electron chi connectivity index (χ4n) is 4.50. The van der Waals surface area contributed by atoms with Gasteiger partial charge in [0.1, 0.15) is 0 Å². The van der Waals surface area contributed by atoms with Crippen LogP contribution >= 0.6 is 11.8 Å². The van der Waals surface area contributed by atoms with Crippen molar-refractivity contribution in [2.75, 3.05) is 26.4 Å². The average Bonchev–Trinajstić information content (AvgIpc) is 2.83. The molecule has 0 bridgehead atoms. The molecule has 0 aliphatic rings. The summed E-state index contributed by atoms with van der Waals surface area (Å²) < 4.78 is 26.2. The first-order valence-corrected chi connectivity index (χ1v) is 29.5. The van der Waals surface area contributed by atoms with Crippen LogP contribution in [0.3, 0.4) is 0 Å². The van der Waals surface area contributed by atoms with Crippen LogP contribution in [0.1, 0.15) is 91.9 Å². The number of rotatable bonds is 26. The van der Waals surface area contributed by atoms with Gasteiger partial charge in [-0.3, -0.25) is 0 Å². The van der Waals surface area contributed by atoms with E-state index in [-0.39, 0.29) is 0 Å². The van der Waals surface area contributed by atoms with Gasteiger partial charge in [0.15, 0.2) is 0 Å². The summed E-state index contributed by atoms with van der Waals surface area (Å²) in [6.45, 7) is 32.5. The molecule has 0 saturated carbocycles. The zero-order chi connectivity index (χ0) is 30.0. The third kappa shape index (κ3) is 19.1. The minimum Gasteiger partial charge on any atom is -0.394 e. The summed E-state index contributed by atoms with van der Waals surface area (Å²) in [5.74, 6) is 0. The largest absolute Gasteiger partial charge is 0.394 e. The lowest BCUT2D eigenvalue weighted by atomic mass is 10.4. The first kappa shape index (κ1) is 40.1. The molecule has 0 fully saturated rings. The standard InChI is InChI=1S/C30H70O4SSi4/c1-13-17-23-31-38(11,32-24-18-14-2)27-21-29(36(5,6)7)35-30(37(8,9)10)22-28-39(12,33-25-19-15-3)34-26-20-16-4/h29-30H,13-28H2,1-12H3. The molecule has 9 heteroatoms. The molecular formula is C30H70O4SSi4. The molecule has 0 aromatic carbocycles. The van der Waals surface area contributed by atoms with Crippen LogP contribution in [-0.2, 0) is 17.7 Å². The number of hydrogen-bond donors (Lipinski definition) is 0. The predicted molar refractivity (Wildman–Crippen MR) is 187 cm³/mol. The number of unbranched alkanes of at least 4 members (excludes halogenated alkanes) is 4. The summed E-state index contributed by atoms with van der Waals surface area (Å²) in [6, 6.07) is 2.24. The van der Waals surface area contributed by atoms with Gasteiger partial charge in [0, 0.05) is 26.4 Å². The lowest BCUT2D eigenvalue weighted by Gasteiger charge is -2.39. The molecule has 2 atom stereocenters. The first-order chi connectivity index (χ1) is 18.2. The van der Waals surface area contributed by atoms with Gasteiger partial charge in [0.2, 0.25) is 0 Å². The minimum atomic E-state index is -2.16. The molecule has 2 unspecified atom stereocenters. The predicted octanol–water partition coefficient (Wildman–Crippen LogP) is 10.4. The van der Waals surface area contributed by atoms with Gasteiger partial charge in [-0.15, -0.1) is 0 Å². The molecule has 0 heterocycles. The third-order valence-corrected chi connectivity index (χ3v) is 23.9. The maximum atomic E-state index is 6.54. The van der Waals surface area contributed by atoms with Crippen molar-refractivity contribution in [3.05, 3.63) is 0 Å². The Hall–Kier alpha value is 1.06. The van der Waals surface area contributed by atoms with Crippen LogP contribution in [0.2, 0.25) is 64.5 Å². The number of hydrogen-bond acceptors (Lipinski definition) is 5. The fraction of sp³-hybridized carbons (Fsp3) is 1.00. The van der Waals surface area contributed by atoms with E-state index in [4.69, 9.17) is 17.7 Å². The Labute approximate surface area is 254 Å². The summed E-state index contributed by atoms with van der Waals surface area (Å²) in [5.41, 5.74) is 0. The van der Waals surface area contributed by atoms with Crippen LogP contribution in [0.25, 0.3) is 0 Å². The monoisotopic (exact) mass is 638 g/mol. The molecule has 0 amide bonds. The van der Waals surface area contributed by atoms with Gasteiger partial charge in [-0.25, -0.2) is 0 Å². The fourth-order valence-corrected chi connectivity index (χ4v) is 17.8. The van der Waals surface area contributed by atoms with Gasteiger partial charge < -0.3 is 17.7 Å². The Morgan fingerprint density at radius 3 is 0.923 bits per heavy atom. The maximum absolute atomic E-state index is 6.54. The van der Waals surface area contributed by atoms with Gasteiger partial charge in [-0.1, -0.05) is 92.7 Å². The van der Waals surface area contributed by atoms with Crippen molar-refractivity contribution in [1.82, 2.24) is 0 Å². The van der Waals surface area contributed by atoms with Crippen LogP contribution in [0, 0.1) is 0 Å². The minimum absolute atomic E-state index is 0.723. The summed E-state index contributed by atoms with van der Waals surface area (Å²) in [7, 11) is -7.09. The second-order valence-corrected chi connectivity index (χ2v) is 33.8. The molecule has 4 nitrogen and oxygen atoms in total. The highest BCUT2D eigenvalue weighted by molar-refractivity contribution is 8.03. The molecule has 0 spiro atoms. The Kier molecular flexibility index (Phi) is 21.4. The van der Waals surface area contributed by atoms with E-state index in [0.29, 0.717) is 0 Å². The lowest BCUT2D eigenvalue weighted by Crippen LogP contribution is -2.47. The topological polar surface area (TPSA) is 36.9 Å². The molecule has 0 rings (SSSR count). The van der Waals surface area contributed by atoms with E-state index in [1.807, 2.05) is 0 Å². The van der Waals surface area contributed by atoms with Crippen molar-refractivity contribution in [2.24, 2.45) is 0 Å². The van der Waals surface area contributed by atoms with Crippen molar-refractivity contribution < 1.29 is 17.7 Å². The first-order valence-electron chi connectivity index (χ1n) is 16.4. The molecule has 236 valence electrons. The Morgan fingerprint density at radius 1 is 0.462 bits per heavy atom. The van der Waals surface area contributed by atoms with E-state index in [1.54, 1.807) is 0 Å². The van der Waals surface area contributed by atoms with Crippen LogP contribution in [-0.4, -0.2) is 69.4 Å². The summed E-state index contributed by atoms with van der Waals surface area (Å²) in [4.78, 5) is 1.45. The molecule has 0 aliphatic carbocycles. The average molecular weight is 639 g/mol. The molecule has 39 heavy (non-hydrogen) atoms. The highest BCUT2D eigenvalue weighted by Gasteiger charge is 2.40. The normalized spacial score (nSPS) is 15.1. The lowest BCUT2D eigenvalue weighted by molar-refractivity contribution is 0.168. The Balaban J connectivity index is 5.60. The van der Waals surface area contributed by atoms with Crippen LogP contribution in [0.15, 0.2) is 0 Å². The molecule has 0 aliphatic heterocycles. The van der Waals surface area contributed by atoms with Crippen molar-refractivity contribution in [2.45, 2.75) is 166 Å². The molecule has 0 radical (unpaired) electrons. The quantitative estimate of drug-likeness (QED) is 0.0696. The Morgan fingerprint density at radius 2 is 0.718 bits per heavy atom. The SMILES string of the molecule is CCCCO[Si](C)(CCC(SC(CC[Si](C)(OCCCC)OCCCC)[Si](C)(C)C)[Si](C)(C)C)OCCCC. The summed E-state index contributed by atoms with van der Waals surface area (Å²) >= 11 is 2.34. The van der Waals surface area contributed by atoms with E-state index < -0.39 is 33.3 Å². The van der Waals surface area contributed by atoms with E-state index in [0.717, 1.165) is 73.9 Å². The molecule has 0 saturated heterocycles. The van der Waals surface area contributed by atoms with Crippen molar-refractivity contribution in [3.8, 4) is 0 Å². The second-order valence-electron chi connectivity index (χ2n) is 14.0. The van der Waals surface area contributed by atoms with Gasteiger partial charge >= 0.3 is 17.1 Å². The van der Waals surface area contributed by atoms with E-state index in [2.05, 4.69) is 91.8 Å². The van der Waals surface area contributed by atoms with Crippen LogP contribution in [0.5, 0.6) is 0 Å². The van der Waals surface area contributed by atoms with E-state index in [1.165, 1.54) is 38.5 Å². The van der Waals surface area contributed by atoms with E-state index in [9.17, 15) is 0 Å². The highest BCUT2D eigenvalue weighted by Crippen LogP contribution is 2.39. The van der Waals surface area contributed by atoms with Gasteiger partial charge in [0.05, 0.1) is 16.1 Å². The molecule has 0 aromatic heterocycles. The van der Waals surface area contributed by atoms with Crippen molar-refractivity contribution in [1.29, 1.82) is 0 Å². The van der Waals surface area contributed by atoms with Crippen molar-refractivity contribution in [3.63, 3.8) is 0 Å². The van der Waals surface area contributed by atoms with Gasteiger partial charge in [-0.05, 0) is 73.5 Å². The Bertz CT molecular complexity index is 528. The molecule has 0 aromatic rings. The van der Waals surface area contributed by atoms with Crippen LogP contribution in [0.4, 0.5) is 0 Å². The summed E-state index contributed by atoms with van der Waals surface area (Å²) in [5, 5.41) is 0. The van der Waals surface area contributed by atoms with Crippen molar-refractivity contribution >= 4 is 45.0 Å². The number of thioether (sulfide) groups is 1. The second kappa shape index (κ2) is 20.9. The zero-order valence-corrected chi connectivity index (χ0v) is 33.3. The van der Waals surface area contributed by atoms with Gasteiger partial charge in [0.25, 0.3) is 0 Å². The maximum Gasteiger partial charge on any atom is 0.334 e. The zero-order valence-electron chi connectivity index (χ0n) is 28.5. The molecule has 0 N–H and O–H groups in total. The van der Waals surface area contributed by atoms with E-state index >= 15 is 0 Å². The van der Waals surface area contributed by atoms with Gasteiger partial charge in [-0.2, -0.15) is 11.8 Å². The summed E-state index contributed by atoms with van der Waals surface area (Å²) in [6.07, 6.45) is 11.7. The van der Waals surface area contributed by atoms with Crippen LogP contribution < -0.4 is 0 Å². The smallest absolute Gasteiger partial charge is 0.334 e. The highest BCUT2D eigenvalue weighted by atomic mass is 32.2.